The normalized spacial score (nSPS) is 11.0. The molecule has 0 fully saturated rings. The maximum absolute atomic E-state index is 12.2. The van der Waals surface area contributed by atoms with Crippen molar-refractivity contribution in [1.82, 2.24) is 5.43 Å². The molecule has 0 bridgehead atoms. The average molecular weight is 339 g/mol. The number of rotatable bonds is 6. The number of hydrogen-bond donors (Lipinski definition) is 3. The zero-order chi connectivity index (χ0) is 18.2. The lowest BCUT2D eigenvalue weighted by molar-refractivity contribution is -0.115. The summed E-state index contributed by atoms with van der Waals surface area (Å²) in [5, 5.41) is 16.2. The molecule has 0 radical (unpaired) electrons. The van der Waals surface area contributed by atoms with Crippen molar-refractivity contribution in [1.29, 1.82) is 0 Å². The summed E-state index contributed by atoms with van der Waals surface area (Å²) in [4.78, 5) is 23.5. The van der Waals surface area contributed by atoms with Gasteiger partial charge in [0.05, 0.1) is 5.71 Å². The molecule has 0 saturated heterocycles. The molecule has 3 N–H and O–H groups in total. The number of hydrogen-bond acceptors (Lipinski definition) is 4. The van der Waals surface area contributed by atoms with Gasteiger partial charge in [-0.25, -0.2) is 5.43 Å². The summed E-state index contributed by atoms with van der Waals surface area (Å²) in [7, 11) is 0. The van der Waals surface area contributed by atoms with E-state index in [0.29, 0.717) is 29.8 Å². The van der Waals surface area contributed by atoms with E-state index in [1.54, 1.807) is 55.5 Å². The summed E-state index contributed by atoms with van der Waals surface area (Å²) in [6.07, 6.45) is 1.03. The minimum absolute atomic E-state index is 0.0803. The maximum atomic E-state index is 12.2. The van der Waals surface area contributed by atoms with Crippen molar-refractivity contribution in [3.8, 4) is 5.75 Å². The fraction of sp³-hybridized carbons (Fsp3) is 0.211. The van der Waals surface area contributed by atoms with Crippen molar-refractivity contribution in [2.45, 2.75) is 26.7 Å². The maximum Gasteiger partial charge on any atom is 0.271 e. The number of nitrogens with one attached hydrogen (secondary N) is 2. The summed E-state index contributed by atoms with van der Waals surface area (Å²) in [6.45, 7) is 3.71. The minimum Gasteiger partial charge on any atom is -0.508 e. The number of carbonyl (C=O) groups excluding carboxylic acids is 2. The molecule has 0 heterocycles. The first-order valence-corrected chi connectivity index (χ1v) is 8.09. The highest BCUT2D eigenvalue weighted by Gasteiger charge is 2.07. The molecule has 0 aliphatic carbocycles. The van der Waals surface area contributed by atoms with E-state index in [2.05, 4.69) is 15.8 Å². The minimum atomic E-state index is -0.335. The van der Waals surface area contributed by atoms with Gasteiger partial charge in [0.15, 0.2) is 0 Å². The fourth-order valence-electron chi connectivity index (χ4n) is 2.14. The molecular formula is C19H21N3O3. The van der Waals surface area contributed by atoms with Crippen LogP contribution in [0.5, 0.6) is 5.75 Å². The second kappa shape index (κ2) is 8.63. The van der Waals surface area contributed by atoms with Crippen LogP contribution in [0, 0.1) is 0 Å². The number of phenolic OH excluding ortho intramolecular Hbond substituents is 1. The number of amides is 2. The number of hydrazone groups is 1. The van der Waals surface area contributed by atoms with Crippen molar-refractivity contribution in [3.05, 3.63) is 59.7 Å². The van der Waals surface area contributed by atoms with Crippen molar-refractivity contribution < 1.29 is 14.7 Å². The van der Waals surface area contributed by atoms with Crippen LogP contribution in [0.4, 0.5) is 5.69 Å². The van der Waals surface area contributed by atoms with Crippen LogP contribution in [0.2, 0.25) is 0 Å². The van der Waals surface area contributed by atoms with Gasteiger partial charge >= 0.3 is 0 Å². The van der Waals surface area contributed by atoms with Gasteiger partial charge in [-0.3, -0.25) is 9.59 Å². The zero-order valence-corrected chi connectivity index (χ0v) is 14.2. The molecule has 0 unspecified atom stereocenters. The molecule has 0 aliphatic rings. The Labute approximate surface area is 146 Å². The van der Waals surface area contributed by atoms with E-state index in [1.807, 2.05) is 6.92 Å². The number of benzene rings is 2. The molecule has 2 rings (SSSR count). The van der Waals surface area contributed by atoms with Gasteiger partial charge in [-0.1, -0.05) is 13.8 Å². The first-order chi connectivity index (χ1) is 12.0. The van der Waals surface area contributed by atoms with E-state index in [0.717, 1.165) is 5.56 Å². The molecule has 6 heteroatoms. The third-order valence-electron chi connectivity index (χ3n) is 3.58. The van der Waals surface area contributed by atoms with Crippen molar-refractivity contribution >= 4 is 23.2 Å². The third-order valence-corrected chi connectivity index (χ3v) is 3.58. The SMILES string of the molecule is CCC(=O)Nc1ccc(C(=O)N/N=C(/CC)c2ccc(O)cc2)cc1. The van der Waals surface area contributed by atoms with Gasteiger partial charge in [0, 0.05) is 17.7 Å². The molecule has 6 nitrogen and oxygen atoms in total. The van der Waals surface area contributed by atoms with Crippen LogP contribution in [-0.4, -0.2) is 22.6 Å². The van der Waals surface area contributed by atoms with Crippen molar-refractivity contribution in [2.75, 3.05) is 5.32 Å². The van der Waals surface area contributed by atoms with Gasteiger partial charge in [0.25, 0.3) is 5.91 Å². The standard InChI is InChI=1S/C19H21N3O3/c1-3-17(13-7-11-16(23)12-8-13)21-22-19(25)14-5-9-15(10-6-14)20-18(24)4-2/h5-12,23H,3-4H2,1-2H3,(H,20,24)(H,22,25)/b21-17-. The Morgan fingerprint density at radius 2 is 1.52 bits per heavy atom. The lowest BCUT2D eigenvalue weighted by Gasteiger charge is -2.07. The van der Waals surface area contributed by atoms with Crippen LogP contribution in [0.15, 0.2) is 53.6 Å². The topological polar surface area (TPSA) is 90.8 Å². The smallest absolute Gasteiger partial charge is 0.271 e. The predicted molar refractivity (Wildman–Crippen MR) is 97.8 cm³/mol. The lowest BCUT2D eigenvalue weighted by Crippen LogP contribution is -2.20. The van der Waals surface area contributed by atoms with Crippen LogP contribution in [0.25, 0.3) is 0 Å². The van der Waals surface area contributed by atoms with Crippen LogP contribution in [0.3, 0.4) is 0 Å². The Hall–Kier alpha value is -3.15. The number of anilines is 1. The molecule has 0 aliphatic heterocycles. The highest BCUT2D eigenvalue weighted by Crippen LogP contribution is 2.12. The van der Waals surface area contributed by atoms with Gasteiger partial charge in [-0.05, 0) is 60.5 Å². The largest absolute Gasteiger partial charge is 0.508 e. The van der Waals surface area contributed by atoms with E-state index >= 15 is 0 Å². The van der Waals surface area contributed by atoms with E-state index in [9.17, 15) is 14.7 Å². The molecule has 130 valence electrons. The summed E-state index contributed by atoms with van der Waals surface area (Å²) < 4.78 is 0. The molecule has 0 atom stereocenters. The van der Waals surface area contributed by atoms with Crippen LogP contribution in [-0.2, 0) is 4.79 Å². The zero-order valence-electron chi connectivity index (χ0n) is 14.2. The molecule has 2 amide bonds. The van der Waals surface area contributed by atoms with Gasteiger partial charge in [-0.2, -0.15) is 5.10 Å². The Morgan fingerprint density at radius 3 is 2.08 bits per heavy atom. The molecule has 2 aromatic rings. The lowest BCUT2D eigenvalue weighted by atomic mass is 10.1. The number of aromatic hydroxyl groups is 1. The summed E-state index contributed by atoms with van der Waals surface area (Å²) >= 11 is 0. The second-order valence-corrected chi connectivity index (χ2v) is 5.38. The average Bonchev–Trinajstić information content (AvgIpc) is 2.63. The van der Waals surface area contributed by atoms with E-state index in [1.165, 1.54) is 0 Å². The van der Waals surface area contributed by atoms with Gasteiger partial charge < -0.3 is 10.4 Å². The Bertz CT molecular complexity index is 766. The number of carbonyl (C=O) groups is 2. The van der Waals surface area contributed by atoms with Crippen LogP contribution >= 0.6 is 0 Å². The first-order valence-electron chi connectivity index (χ1n) is 8.09. The van der Waals surface area contributed by atoms with E-state index in [-0.39, 0.29) is 17.6 Å². The fourth-order valence-corrected chi connectivity index (χ4v) is 2.14. The number of nitrogens with zero attached hydrogens (tertiary/aromatic N) is 1. The first kappa shape index (κ1) is 18.2. The Balaban J connectivity index is 2.05. The van der Waals surface area contributed by atoms with E-state index in [4.69, 9.17) is 0 Å². The molecule has 25 heavy (non-hydrogen) atoms. The van der Waals surface area contributed by atoms with Crippen LogP contribution in [0.1, 0.15) is 42.6 Å². The monoisotopic (exact) mass is 339 g/mol. The predicted octanol–water partition coefficient (Wildman–Crippen LogP) is 3.28. The highest BCUT2D eigenvalue weighted by molar-refractivity contribution is 6.02. The Morgan fingerprint density at radius 1 is 0.920 bits per heavy atom. The van der Waals surface area contributed by atoms with Gasteiger partial charge in [-0.15, -0.1) is 0 Å². The molecular weight excluding hydrogens is 318 g/mol. The summed E-state index contributed by atoms with van der Waals surface area (Å²) in [6, 6.07) is 13.2. The summed E-state index contributed by atoms with van der Waals surface area (Å²) in [5.41, 5.74) is 5.16. The summed E-state index contributed by atoms with van der Waals surface area (Å²) in [5.74, 6) is -0.236. The van der Waals surface area contributed by atoms with Crippen molar-refractivity contribution in [2.24, 2.45) is 5.10 Å². The quantitative estimate of drug-likeness (QED) is 0.557. The van der Waals surface area contributed by atoms with Gasteiger partial charge in [0.1, 0.15) is 5.75 Å². The molecule has 0 aromatic heterocycles. The van der Waals surface area contributed by atoms with Gasteiger partial charge in [0.2, 0.25) is 5.91 Å². The highest BCUT2D eigenvalue weighted by atomic mass is 16.3. The van der Waals surface area contributed by atoms with Crippen LogP contribution < -0.4 is 10.7 Å². The Kier molecular flexibility index (Phi) is 6.28. The number of phenols is 1. The molecule has 0 spiro atoms. The van der Waals surface area contributed by atoms with Crippen molar-refractivity contribution in [3.63, 3.8) is 0 Å². The van der Waals surface area contributed by atoms with E-state index < -0.39 is 0 Å². The second-order valence-electron chi connectivity index (χ2n) is 5.38. The molecule has 2 aromatic carbocycles. The third kappa shape index (κ3) is 5.17. The molecule has 0 saturated carbocycles.